The predicted molar refractivity (Wildman–Crippen MR) is 90.7 cm³/mol. The van der Waals surface area contributed by atoms with E-state index in [0.29, 0.717) is 5.92 Å². The summed E-state index contributed by atoms with van der Waals surface area (Å²) in [6.07, 6.45) is 2.20. The molecule has 1 atom stereocenters. The fourth-order valence-electron chi connectivity index (χ4n) is 3.03. The minimum Gasteiger partial charge on any atom is -0.504 e. The minimum absolute atomic E-state index is 0.0300. The third kappa shape index (κ3) is 5.22. The second-order valence-corrected chi connectivity index (χ2v) is 6.59. The lowest BCUT2D eigenvalue weighted by Gasteiger charge is -2.35. The monoisotopic (exact) mass is 320 g/mol. The zero-order valence-corrected chi connectivity index (χ0v) is 14.3. The summed E-state index contributed by atoms with van der Waals surface area (Å²) in [5, 5.41) is 13.5. The SMILES string of the molecule is CC(=O)Oc1ccc([C@H](CCC(C)C)N2CCNCC2)cc1O. The molecule has 0 aromatic heterocycles. The highest BCUT2D eigenvalue weighted by atomic mass is 16.5. The molecule has 128 valence electrons. The van der Waals surface area contributed by atoms with E-state index in [1.165, 1.54) is 6.92 Å². The first-order valence-corrected chi connectivity index (χ1v) is 8.43. The van der Waals surface area contributed by atoms with Gasteiger partial charge in [-0.15, -0.1) is 0 Å². The molecule has 2 N–H and O–H groups in total. The van der Waals surface area contributed by atoms with Crippen LogP contribution in [0.5, 0.6) is 11.5 Å². The Kier molecular flexibility index (Phi) is 6.42. The fraction of sp³-hybridized carbons (Fsp3) is 0.611. The number of aromatic hydroxyl groups is 1. The van der Waals surface area contributed by atoms with E-state index in [9.17, 15) is 9.90 Å². The van der Waals surface area contributed by atoms with Gasteiger partial charge >= 0.3 is 5.97 Å². The molecule has 1 saturated heterocycles. The fourth-order valence-corrected chi connectivity index (χ4v) is 3.03. The molecule has 0 unspecified atom stereocenters. The third-order valence-electron chi connectivity index (χ3n) is 4.23. The number of rotatable bonds is 6. The molecule has 0 aliphatic carbocycles. The quantitative estimate of drug-likeness (QED) is 0.623. The molecule has 1 heterocycles. The highest BCUT2D eigenvalue weighted by molar-refractivity contribution is 5.70. The van der Waals surface area contributed by atoms with Crippen molar-refractivity contribution in [3.63, 3.8) is 0 Å². The van der Waals surface area contributed by atoms with Gasteiger partial charge in [0.15, 0.2) is 11.5 Å². The van der Waals surface area contributed by atoms with Gasteiger partial charge in [-0.05, 0) is 36.5 Å². The van der Waals surface area contributed by atoms with Crippen LogP contribution in [-0.4, -0.2) is 42.2 Å². The van der Waals surface area contributed by atoms with Crippen molar-refractivity contribution in [1.29, 1.82) is 0 Å². The van der Waals surface area contributed by atoms with Crippen molar-refractivity contribution in [1.82, 2.24) is 10.2 Å². The van der Waals surface area contributed by atoms with E-state index in [1.807, 2.05) is 6.07 Å². The van der Waals surface area contributed by atoms with Crippen LogP contribution in [0.3, 0.4) is 0 Å². The van der Waals surface area contributed by atoms with Crippen molar-refractivity contribution in [2.75, 3.05) is 26.2 Å². The molecule has 1 aliphatic rings. The first-order valence-electron chi connectivity index (χ1n) is 8.43. The van der Waals surface area contributed by atoms with E-state index in [0.717, 1.165) is 44.6 Å². The maximum atomic E-state index is 11.1. The van der Waals surface area contributed by atoms with E-state index in [2.05, 4.69) is 24.1 Å². The molecule has 23 heavy (non-hydrogen) atoms. The number of hydrogen-bond acceptors (Lipinski definition) is 5. The smallest absolute Gasteiger partial charge is 0.308 e. The zero-order valence-electron chi connectivity index (χ0n) is 14.3. The van der Waals surface area contributed by atoms with Crippen molar-refractivity contribution in [2.24, 2.45) is 5.92 Å². The summed E-state index contributed by atoms with van der Waals surface area (Å²) in [6.45, 7) is 9.81. The van der Waals surface area contributed by atoms with Crippen molar-refractivity contribution < 1.29 is 14.6 Å². The molecular weight excluding hydrogens is 292 g/mol. The van der Waals surface area contributed by atoms with E-state index in [4.69, 9.17) is 4.74 Å². The molecule has 1 fully saturated rings. The Morgan fingerprint density at radius 2 is 2.00 bits per heavy atom. The topological polar surface area (TPSA) is 61.8 Å². The number of hydrogen-bond donors (Lipinski definition) is 2. The Hall–Kier alpha value is -1.59. The number of esters is 1. The van der Waals surface area contributed by atoms with Crippen molar-refractivity contribution >= 4 is 5.97 Å². The number of benzene rings is 1. The van der Waals surface area contributed by atoms with Crippen molar-refractivity contribution in [3.05, 3.63) is 23.8 Å². The van der Waals surface area contributed by atoms with Crippen LogP contribution in [0.25, 0.3) is 0 Å². The number of piperazine rings is 1. The average molecular weight is 320 g/mol. The van der Waals surface area contributed by atoms with Crippen LogP contribution in [0.2, 0.25) is 0 Å². The van der Waals surface area contributed by atoms with E-state index >= 15 is 0 Å². The van der Waals surface area contributed by atoms with Crippen LogP contribution in [0.1, 0.15) is 45.2 Å². The number of nitrogens with one attached hydrogen (secondary N) is 1. The minimum atomic E-state index is -0.425. The van der Waals surface area contributed by atoms with Gasteiger partial charge in [-0.25, -0.2) is 0 Å². The Labute approximate surface area is 138 Å². The molecule has 0 amide bonds. The van der Waals surface area contributed by atoms with Crippen LogP contribution in [0, 0.1) is 5.92 Å². The number of phenols is 1. The summed E-state index contributed by atoms with van der Waals surface area (Å²) < 4.78 is 5.01. The first-order chi connectivity index (χ1) is 11.0. The van der Waals surface area contributed by atoms with Gasteiger partial charge in [0, 0.05) is 39.1 Å². The largest absolute Gasteiger partial charge is 0.504 e. The molecule has 2 rings (SSSR count). The molecule has 1 aliphatic heterocycles. The normalized spacial score (nSPS) is 17.2. The number of phenolic OH excluding ortho intramolecular Hbond substituents is 1. The molecule has 1 aromatic carbocycles. The molecule has 0 radical (unpaired) electrons. The summed E-state index contributed by atoms with van der Waals surface area (Å²) in [5.74, 6) is 0.479. The summed E-state index contributed by atoms with van der Waals surface area (Å²) in [4.78, 5) is 13.5. The van der Waals surface area contributed by atoms with Gasteiger partial charge in [0.2, 0.25) is 0 Å². The van der Waals surface area contributed by atoms with Gasteiger partial charge in [-0.2, -0.15) is 0 Å². The molecule has 1 aromatic rings. The Bertz CT molecular complexity index is 525. The Morgan fingerprint density at radius 3 is 2.57 bits per heavy atom. The molecular formula is C18H28N2O3. The highest BCUT2D eigenvalue weighted by Crippen LogP contribution is 2.34. The average Bonchev–Trinajstić information content (AvgIpc) is 2.50. The molecule has 0 spiro atoms. The Morgan fingerprint density at radius 1 is 1.30 bits per heavy atom. The van der Waals surface area contributed by atoms with Crippen LogP contribution in [0.15, 0.2) is 18.2 Å². The lowest BCUT2D eigenvalue weighted by molar-refractivity contribution is -0.132. The van der Waals surface area contributed by atoms with Crippen LogP contribution in [0.4, 0.5) is 0 Å². The van der Waals surface area contributed by atoms with Gasteiger partial charge in [0.05, 0.1) is 0 Å². The Balaban J connectivity index is 2.19. The lowest BCUT2D eigenvalue weighted by atomic mass is 9.95. The summed E-state index contributed by atoms with van der Waals surface area (Å²) >= 11 is 0. The standard InChI is InChI=1S/C18H28N2O3/c1-13(2)4-6-16(20-10-8-19-9-11-20)15-5-7-18(17(22)12-15)23-14(3)21/h5,7,12-13,16,19,22H,4,6,8-11H2,1-3H3/t16-/m0/s1. The molecule has 0 saturated carbocycles. The zero-order chi connectivity index (χ0) is 16.8. The maximum absolute atomic E-state index is 11.1. The van der Waals surface area contributed by atoms with Gasteiger partial charge < -0.3 is 15.2 Å². The van der Waals surface area contributed by atoms with Gasteiger partial charge in [0.1, 0.15) is 0 Å². The second kappa shape index (κ2) is 8.31. The number of carbonyl (C=O) groups excluding carboxylic acids is 1. The highest BCUT2D eigenvalue weighted by Gasteiger charge is 2.23. The summed E-state index contributed by atoms with van der Waals surface area (Å²) in [5.41, 5.74) is 1.08. The van der Waals surface area contributed by atoms with Crippen molar-refractivity contribution in [2.45, 2.75) is 39.7 Å². The maximum Gasteiger partial charge on any atom is 0.308 e. The van der Waals surface area contributed by atoms with Crippen LogP contribution < -0.4 is 10.1 Å². The van der Waals surface area contributed by atoms with Gasteiger partial charge in [0.25, 0.3) is 0 Å². The predicted octanol–water partition coefficient (Wildman–Crippen LogP) is 2.70. The summed E-state index contributed by atoms with van der Waals surface area (Å²) in [6, 6.07) is 5.68. The lowest BCUT2D eigenvalue weighted by Crippen LogP contribution is -2.45. The molecule has 0 bridgehead atoms. The van der Waals surface area contributed by atoms with Gasteiger partial charge in [-0.3, -0.25) is 9.69 Å². The van der Waals surface area contributed by atoms with Gasteiger partial charge in [-0.1, -0.05) is 19.9 Å². The van der Waals surface area contributed by atoms with Crippen LogP contribution >= 0.6 is 0 Å². The number of nitrogens with zero attached hydrogens (tertiary/aromatic N) is 1. The van der Waals surface area contributed by atoms with E-state index < -0.39 is 5.97 Å². The molecule has 5 nitrogen and oxygen atoms in total. The second-order valence-electron chi connectivity index (χ2n) is 6.59. The van der Waals surface area contributed by atoms with Crippen LogP contribution in [-0.2, 0) is 4.79 Å². The van der Waals surface area contributed by atoms with E-state index in [-0.39, 0.29) is 17.5 Å². The first kappa shape index (κ1) is 17.8. The third-order valence-corrected chi connectivity index (χ3v) is 4.23. The summed E-state index contributed by atoms with van der Waals surface area (Å²) in [7, 11) is 0. The molecule has 5 heteroatoms. The number of ether oxygens (including phenoxy) is 1. The van der Waals surface area contributed by atoms with Crippen molar-refractivity contribution in [3.8, 4) is 11.5 Å². The number of carbonyl (C=O) groups is 1. The van der Waals surface area contributed by atoms with E-state index in [1.54, 1.807) is 12.1 Å².